The first-order valence-electron chi connectivity index (χ1n) is 13.8. The molecule has 0 amide bonds. The molecule has 0 aromatic heterocycles. The van der Waals surface area contributed by atoms with E-state index in [9.17, 15) is 15.3 Å². The van der Waals surface area contributed by atoms with E-state index >= 15 is 0 Å². The molecule has 2 unspecified atom stereocenters. The summed E-state index contributed by atoms with van der Waals surface area (Å²) in [6.07, 6.45) is -2.22. The van der Waals surface area contributed by atoms with Crippen LogP contribution in [0.1, 0.15) is 56.4 Å². The van der Waals surface area contributed by atoms with E-state index in [-0.39, 0.29) is 11.6 Å². The van der Waals surface area contributed by atoms with Crippen molar-refractivity contribution in [1.29, 1.82) is 0 Å². The predicted octanol–water partition coefficient (Wildman–Crippen LogP) is 5.03. The summed E-state index contributed by atoms with van der Waals surface area (Å²) < 4.78 is 23.8. The van der Waals surface area contributed by atoms with E-state index in [0.717, 1.165) is 29.7 Å². The Hall–Kier alpha value is -1.49. The van der Waals surface area contributed by atoms with E-state index < -0.39 is 38.8 Å². The molecule has 0 bridgehead atoms. The van der Waals surface area contributed by atoms with Crippen molar-refractivity contribution in [2.75, 3.05) is 19.8 Å². The van der Waals surface area contributed by atoms with Gasteiger partial charge in [-0.3, -0.25) is 0 Å². The number of hydrogen-bond donors (Lipinski definition) is 3. The minimum Gasteiger partial charge on any atom is -0.491 e. The van der Waals surface area contributed by atoms with Crippen LogP contribution in [-0.4, -0.2) is 74.0 Å². The summed E-state index contributed by atoms with van der Waals surface area (Å²) in [5.41, 5.74) is 2.60. The van der Waals surface area contributed by atoms with Gasteiger partial charge in [-0.2, -0.15) is 0 Å². The van der Waals surface area contributed by atoms with E-state index in [1.807, 2.05) is 30.3 Å². The van der Waals surface area contributed by atoms with Crippen molar-refractivity contribution in [2.24, 2.45) is 0 Å². The summed E-state index contributed by atoms with van der Waals surface area (Å²) in [6.45, 7) is 11.9. The number of aliphatic hydroxyl groups is 3. The molecule has 1 saturated carbocycles. The normalized spacial score (nSPS) is 26.0. The van der Waals surface area contributed by atoms with Crippen molar-refractivity contribution in [3.05, 3.63) is 64.2 Å². The average molecular weight is 579 g/mol. The zero-order valence-corrected chi connectivity index (χ0v) is 25.4. The molecule has 4 rings (SSSR count). The van der Waals surface area contributed by atoms with Crippen LogP contribution in [-0.2, 0) is 20.3 Å². The second kappa shape index (κ2) is 12.6. The summed E-state index contributed by atoms with van der Waals surface area (Å²) in [6, 6.07) is 13.3. The molecule has 2 aromatic rings. The second-order valence-corrected chi connectivity index (χ2v) is 17.4. The van der Waals surface area contributed by atoms with Gasteiger partial charge in [-0.15, -0.1) is 0 Å². The smallest absolute Gasteiger partial charge is 0.192 e. The van der Waals surface area contributed by atoms with E-state index in [1.54, 1.807) is 12.1 Å². The molecule has 0 radical (unpaired) electrons. The summed E-state index contributed by atoms with van der Waals surface area (Å²) in [7, 11) is -2.10. The molecule has 2 aromatic carbocycles. The number of benzene rings is 2. The quantitative estimate of drug-likeness (QED) is 0.254. The van der Waals surface area contributed by atoms with Crippen molar-refractivity contribution >= 4 is 19.9 Å². The molecule has 1 heterocycles. The Morgan fingerprint density at radius 2 is 1.64 bits per heavy atom. The second-order valence-electron chi connectivity index (χ2n) is 12.2. The monoisotopic (exact) mass is 578 g/mol. The van der Waals surface area contributed by atoms with Gasteiger partial charge in [0.15, 0.2) is 8.32 Å². The van der Waals surface area contributed by atoms with Gasteiger partial charge in [0.25, 0.3) is 0 Å². The maximum Gasteiger partial charge on any atom is 0.192 e. The third-order valence-electron chi connectivity index (χ3n) is 8.07. The summed E-state index contributed by atoms with van der Waals surface area (Å²) in [4.78, 5) is 0. The minimum absolute atomic E-state index is 0.00990. The lowest BCUT2D eigenvalue weighted by Gasteiger charge is -2.43. The first-order valence-corrected chi connectivity index (χ1v) is 17.1. The summed E-state index contributed by atoms with van der Waals surface area (Å²) in [5.74, 6) is 0.787. The lowest BCUT2D eigenvalue weighted by atomic mass is 9.90. The number of hydrogen-bond acceptors (Lipinski definition) is 7. The van der Waals surface area contributed by atoms with Crippen molar-refractivity contribution in [2.45, 2.75) is 94.8 Å². The molecule has 9 heteroatoms. The van der Waals surface area contributed by atoms with E-state index in [4.69, 9.17) is 30.2 Å². The van der Waals surface area contributed by atoms with Gasteiger partial charge in [0, 0.05) is 5.02 Å². The molecule has 7 nitrogen and oxygen atoms in total. The Morgan fingerprint density at radius 3 is 2.28 bits per heavy atom. The van der Waals surface area contributed by atoms with Crippen LogP contribution in [0.3, 0.4) is 0 Å². The van der Waals surface area contributed by atoms with E-state index in [0.29, 0.717) is 36.3 Å². The molecule has 3 N–H and O–H groups in total. The molecule has 1 aliphatic carbocycles. The minimum atomic E-state index is -2.10. The highest BCUT2D eigenvalue weighted by Crippen LogP contribution is 2.39. The molecule has 1 saturated heterocycles. The molecular formula is C30H43ClO7Si. The van der Waals surface area contributed by atoms with Gasteiger partial charge in [-0.1, -0.05) is 56.6 Å². The maximum absolute atomic E-state index is 10.8. The van der Waals surface area contributed by atoms with E-state index in [2.05, 4.69) is 33.9 Å². The summed E-state index contributed by atoms with van der Waals surface area (Å²) >= 11 is 6.54. The fourth-order valence-electron chi connectivity index (χ4n) is 4.31. The molecule has 2 aliphatic rings. The van der Waals surface area contributed by atoms with Crippen LogP contribution in [0.4, 0.5) is 0 Å². The Labute approximate surface area is 238 Å². The molecule has 1 aliphatic heterocycles. The maximum atomic E-state index is 10.8. The molecule has 0 spiro atoms. The summed E-state index contributed by atoms with van der Waals surface area (Å²) in [5, 5.41) is 32.7. The molecule has 5 atom stereocenters. The third-order valence-corrected chi connectivity index (χ3v) is 12.9. The third kappa shape index (κ3) is 7.83. The van der Waals surface area contributed by atoms with Crippen molar-refractivity contribution in [1.82, 2.24) is 0 Å². The van der Waals surface area contributed by atoms with Gasteiger partial charge in [0.1, 0.15) is 42.9 Å². The zero-order valence-electron chi connectivity index (χ0n) is 23.6. The highest BCUT2D eigenvalue weighted by molar-refractivity contribution is 6.74. The molecule has 216 valence electrons. The Kier molecular flexibility index (Phi) is 9.82. The largest absolute Gasteiger partial charge is 0.491 e. The molecule has 2 fully saturated rings. The topological polar surface area (TPSA) is 97.6 Å². The average Bonchev–Trinajstić information content (AvgIpc) is 3.71. The van der Waals surface area contributed by atoms with Gasteiger partial charge in [0.2, 0.25) is 0 Å². The lowest BCUT2D eigenvalue weighted by molar-refractivity contribution is -0.230. The standard InChI is InChI=1S/C30H43ClO7Si/c1-30(2,3)39(4,5)37-18-25-26(32)27(33)28(34)29(38-25)20-8-13-24(31)21(17-20)16-19-6-9-22(10-7-19)35-14-15-36-23-11-12-23/h6-10,13,17,23,25-29,32-34H,11-12,14-16,18H2,1-5H3/t25-,26-,27?,28-,29?/m1/s1. The van der Waals surface area contributed by atoms with Gasteiger partial charge < -0.3 is 34.0 Å². The zero-order chi connectivity index (χ0) is 28.4. The number of aliphatic hydroxyl groups excluding tert-OH is 3. The first-order chi connectivity index (χ1) is 18.4. The number of rotatable bonds is 11. The van der Waals surface area contributed by atoms with Crippen LogP contribution >= 0.6 is 11.6 Å². The SMILES string of the molecule is CC(C)(C)[Si](C)(C)OC[C@H]1OC(c2ccc(Cl)c(Cc3ccc(OCCOC4CC4)cc3)c2)[C@H](O)C(O)[C@@H]1O. The van der Waals surface area contributed by atoms with Crippen molar-refractivity contribution < 1.29 is 34.0 Å². The van der Waals surface area contributed by atoms with Crippen LogP contribution in [0, 0.1) is 0 Å². The van der Waals surface area contributed by atoms with Crippen LogP contribution in [0.5, 0.6) is 5.75 Å². The Balaban J connectivity index is 1.42. The van der Waals surface area contributed by atoms with E-state index in [1.165, 1.54) is 0 Å². The number of halogens is 1. The van der Waals surface area contributed by atoms with Gasteiger partial charge in [0.05, 0.1) is 19.3 Å². The van der Waals surface area contributed by atoms with Gasteiger partial charge in [-0.25, -0.2) is 0 Å². The van der Waals surface area contributed by atoms with Gasteiger partial charge >= 0.3 is 0 Å². The van der Waals surface area contributed by atoms with Crippen LogP contribution in [0.25, 0.3) is 0 Å². The first kappa shape index (κ1) is 30.5. The predicted molar refractivity (Wildman–Crippen MR) is 154 cm³/mol. The van der Waals surface area contributed by atoms with Crippen LogP contribution in [0.2, 0.25) is 23.2 Å². The highest BCUT2D eigenvalue weighted by atomic mass is 35.5. The van der Waals surface area contributed by atoms with Crippen LogP contribution in [0.15, 0.2) is 42.5 Å². The lowest BCUT2D eigenvalue weighted by Crippen LogP contribution is -2.56. The van der Waals surface area contributed by atoms with Crippen LogP contribution < -0.4 is 4.74 Å². The highest BCUT2D eigenvalue weighted by Gasteiger charge is 2.46. The fraction of sp³-hybridized carbons (Fsp3) is 0.600. The van der Waals surface area contributed by atoms with Gasteiger partial charge in [-0.05, 0) is 72.3 Å². The fourth-order valence-corrected chi connectivity index (χ4v) is 5.51. The molecular weight excluding hydrogens is 536 g/mol. The Bertz CT molecular complexity index is 1080. The van der Waals surface area contributed by atoms with Crippen molar-refractivity contribution in [3.63, 3.8) is 0 Å². The molecule has 39 heavy (non-hydrogen) atoms. The number of ether oxygens (including phenoxy) is 3. The Morgan fingerprint density at radius 1 is 0.949 bits per heavy atom. The van der Waals surface area contributed by atoms with Crippen molar-refractivity contribution in [3.8, 4) is 5.75 Å².